The highest BCUT2D eigenvalue weighted by Gasteiger charge is 2.35. The van der Waals surface area contributed by atoms with Gasteiger partial charge in [0.1, 0.15) is 17.1 Å². The predicted octanol–water partition coefficient (Wildman–Crippen LogP) is 3.73. The second-order valence-corrected chi connectivity index (χ2v) is 9.68. The number of nitrogens with one attached hydrogen (secondary N) is 4. The highest BCUT2D eigenvalue weighted by atomic mass is 32.2. The van der Waals surface area contributed by atoms with Crippen LogP contribution in [0.15, 0.2) is 42.6 Å². The van der Waals surface area contributed by atoms with Crippen LogP contribution in [0.5, 0.6) is 5.75 Å². The SMILES string of the molecule is COc1ccc(NS(C)(=O)=O)cc1CNc1nc(Nc2ccc3c(c2)NC(=O)C3)ncc1C(F)(F)F. The molecule has 0 saturated heterocycles. The van der Waals surface area contributed by atoms with Crippen LogP contribution in [0.25, 0.3) is 0 Å². The molecule has 14 heteroatoms. The van der Waals surface area contributed by atoms with Crippen LogP contribution in [0, 0.1) is 0 Å². The lowest BCUT2D eigenvalue weighted by atomic mass is 10.1. The highest BCUT2D eigenvalue weighted by molar-refractivity contribution is 7.92. The van der Waals surface area contributed by atoms with E-state index in [1.54, 1.807) is 18.2 Å². The number of hydrogen-bond donors (Lipinski definition) is 4. The maximum absolute atomic E-state index is 13.6. The summed E-state index contributed by atoms with van der Waals surface area (Å²) in [5.74, 6) is -0.402. The molecule has 10 nitrogen and oxygen atoms in total. The molecule has 4 N–H and O–H groups in total. The molecule has 1 aliphatic rings. The Labute approximate surface area is 204 Å². The number of carbonyl (C=O) groups is 1. The molecule has 4 rings (SSSR count). The van der Waals surface area contributed by atoms with Crippen molar-refractivity contribution in [3.05, 3.63) is 59.3 Å². The Kier molecular flexibility index (Phi) is 6.63. The smallest absolute Gasteiger partial charge is 0.421 e. The van der Waals surface area contributed by atoms with Gasteiger partial charge in [0.25, 0.3) is 0 Å². The van der Waals surface area contributed by atoms with Crippen molar-refractivity contribution in [2.75, 3.05) is 34.0 Å². The molecular weight excluding hydrogens is 501 g/mol. The predicted molar refractivity (Wildman–Crippen MR) is 128 cm³/mol. The van der Waals surface area contributed by atoms with Gasteiger partial charge in [0.15, 0.2) is 0 Å². The Morgan fingerprint density at radius 3 is 2.58 bits per heavy atom. The minimum atomic E-state index is -4.73. The van der Waals surface area contributed by atoms with Crippen molar-refractivity contribution in [3.63, 3.8) is 0 Å². The normalized spacial score (nSPS) is 13.1. The van der Waals surface area contributed by atoms with Crippen LogP contribution in [0.1, 0.15) is 16.7 Å². The van der Waals surface area contributed by atoms with E-state index >= 15 is 0 Å². The molecule has 3 aromatic rings. The van der Waals surface area contributed by atoms with Crippen molar-refractivity contribution < 1.29 is 31.1 Å². The maximum Gasteiger partial charge on any atom is 0.421 e. The van der Waals surface area contributed by atoms with Gasteiger partial charge in [0.05, 0.1) is 19.8 Å². The van der Waals surface area contributed by atoms with E-state index in [0.717, 1.165) is 11.8 Å². The summed E-state index contributed by atoms with van der Waals surface area (Å²) in [6.45, 7) is -0.160. The van der Waals surface area contributed by atoms with E-state index < -0.39 is 27.6 Å². The minimum absolute atomic E-state index is 0.103. The second kappa shape index (κ2) is 9.53. The van der Waals surface area contributed by atoms with Gasteiger partial charge in [-0.3, -0.25) is 9.52 Å². The van der Waals surface area contributed by atoms with Crippen LogP contribution < -0.4 is 25.4 Å². The third kappa shape index (κ3) is 5.94. The van der Waals surface area contributed by atoms with Gasteiger partial charge < -0.3 is 20.7 Å². The molecule has 0 radical (unpaired) electrons. The number of nitrogens with zero attached hydrogens (tertiary/aromatic N) is 2. The van der Waals surface area contributed by atoms with Gasteiger partial charge in [0, 0.05) is 35.4 Å². The number of fused-ring (bicyclic) bond motifs is 1. The van der Waals surface area contributed by atoms with Crippen LogP contribution in [0.2, 0.25) is 0 Å². The number of benzene rings is 2. The summed E-state index contributed by atoms with van der Waals surface area (Å²) in [6.07, 6.45) is -2.84. The molecule has 0 bridgehead atoms. The molecule has 1 aromatic heterocycles. The second-order valence-electron chi connectivity index (χ2n) is 7.93. The fourth-order valence-electron chi connectivity index (χ4n) is 3.58. The van der Waals surface area contributed by atoms with Crippen molar-refractivity contribution in [1.29, 1.82) is 0 Å². The molecule has 0 spiro atoms. The number of hydrogen-bond acceptors (Lipinski definition) is 8. The number of aromatic nitrogens is 2. The zero-order valence-corrected chi connectivity index (χ0v) is 19.8. The lowest BCUT2D eigenvalue weighted by Gasteiger charge is -2.17. The lowest BCUT2D eigenvalue weighted by molar-refractivity contribution is -0.137. The Hall–Kier alpha value is -4.07. The molecule has 2 heterocycles. The van der Waals surface area contributed by atoms with Gasteiger partial charge in [-0.15, -0.1) is 0 Å². The Balaban J connectivity index is 1.60. The summed E-state index contributed by atoms with van der Waals surface area (Å²) in [6, 6.07) is 9.44. The molecule has 0 saturated carbocycles. The van der Waals surface area contributed by atoms with E-state index in [-0.39, 0.29) is 30.5 Å². The van der Waals surface area contributed by atoms with Crippen LogP contribution in [-0.4, -0.2) is 37.7 Å². The summed E-state index contributed by atoms with van der Waals surface area (Å²) in [5.41, 5.74) is 1.41. The molecule has 1 amide bonds. The van der Waals surface area contributed by atoms with Gasteiger partial charge in [-0.2, -0.15) is 18.2 Å². The number of amides is 1. The van der Waals surface area contributed by atoms with Crippen molar-refractivity contribution in [2.24, 2.45) is 0 Å². The minimum Gasteiger partial charge on any atom is -0.496 e. The third-order valence-corrected chi connectivity index (χ3v) is 5.72. The van der Waals surface area contributed by atoms with Gasteiger partial charge in [-0.1, -0.05) is 6.07 Å². The maximum atomic E-state index is 13.6. The van der Waals surface area contributed by atoms with Crippen LogP contribution in [0.4, 0.5) is 42.0 Å². The van der Waals surface area contributed by atoms with Gasteiger partial charge >= 0.3 is 6.18 Å². The molecule has 0 unspecified atom stereocenters. The number of ether oxygens (including phenoxy) is 1. The van der Waals surface area contributed by atoms with Crippen molar-refractivity contribution in [3.8, 4) is 5.75 Å². The molecule has 0 aliphatic carbocycles. The molecule has 0 atom stereocenters. The number of rotatable bonds is 8. The van der Waals surface area contributed by atoms with Gasteiger partial charge in [0.2, 0.25) is 21.9 Å². The molecular formula is C22H21F3N6O4S. The number of alkyl halides is 3. The number of methoxy groups -OCH3 is 1. The number of carbonyl (C=O) groups excluding carboxylic acids is 1. The first kappa shape index (κ1) is 25.0. The van der Waals surface area contributed by atoms with Crippen LogP contribution in [0.3, 0.4) is 0 Å². The van der Waals surface area contributed by atoms with E-state index in [2.05, 4.69) is 30.6 Å². The zero-order valence-electron chi connectivity index (χ0n) is 19.0. The summed E-state index contributed by atoms with van der Waals surface area (Å²) < 4.78 is 71.5. The first-order chi connectivity index (χ1) is 16.9. The molecule has 36 heavy (non-hydrogen) atoms. The number of halogens is 3. The number of sulfonamides is 1. The molecule has 1 aliphatic heterocycles. The van der Waals surface area contributed by atoms with Crippen molar-refractivity contribution >= 4 is 44.8 Å². The van der Waals surface area contributed by atoms with Gasteiger partial charge in [-0.25, -0.2) is 13.4 Å². The van der Waals surface area contributed by atoms with E-state index in [1.807, 2.05) is 0 Å². The zero-order chi connectivity index (χ0) is 26.1. The van der Waals surface area contributed by atoms with E-state index in [0.29, 0.717) is 28.9 Å². The fourth-order valence-corrected chi connectivity index (χ4v) is 4.13. The topological polar surface area (TPSA) is 134 Å². The van der Waals surface area contributed by atoms with E-state index in [4.69, 9.17) is 4.74 Å². The first-order valence-corrected chi connectivity index (χ1v) is 12.3. The average Bonchev–Trinajstić information content (AvgIpc) is 3.15. The summed E-state index contributed by atoms with van der Waals surface area (Å²) in [4.78, 5) is 19.3. The lowest BCUT2D eigenvalue weighted by Crippen LogP contribution is -2.15. The molecule has 0 fully saturated rings. The van der Waals surface area contributed by atoms with Crippen molar-refractivity contribution in [2.45, 2.75) is 19.1 Å². The summed E-state index contributed by atoms with van der Waals surface area (Å²) >= 11 is 0. The highest BCUT2D eigenvalue weighted by Crippen LogP contribution is 2.35. The fraction of sp³-hybridized carbons (Fsp3) is 0.227. The van der Waals surface area contributed by atoms with Crippen molar-refractivity contribution in [1.82, 2.24) is 9.97 Å². The largest absolute Gasteiger partial charge is 0.496 e. The molecule has 190 valence electrons. The van der Waals surface area contributed by atoms with Crippen LogP contribution >= 0.6 is 0 Å². The number of anilines is 5. The Morgan fingerprint density at radius 1 is 1.14 bits per heavy atom. The van der Waals surface area contributed by atoms with E-state index in [1.165, 1.54) is 25.3 Å². The quantitative estimate of drug-likeness (QED) is 0.352. The third-order valence-electron chi connectivity index (χ3n) is 5.12. The standard InChI is InChI=1S/C22H21F3N6O4S/c1-35-18-6-5-15(31-36(2,33)34)7-13(18)10-26-20-16(22(23,24)25)11-27-21(30-20)28-14-4-3-12-8-19(32)29-17(12)9-14/h3-7,9,11,31H,8,10H2,1-2H3,(H,29,32)(H2,26,27,28,30). The molecule has 2 aromatic carbocycles. The summed E-state index contributed by atoms with van der Waals surface area (Å²) in [7, 11) is -2.18. The monoisotopic (exact) mass is 522 g/mol. The average molecular weight is 523 g/mol. The summed E-state index contributed by atoms with van der Waals surface area (Å²) in [5, 5.41) is 8.19. The first-order valence-electron chi connectivity index (χ1n) is 10.4. The van der Waals surface area contributed by atoms with Gasteiger partial charge in [-0.05, 0) is 35.9 Å². The van der Waals surface area contributed by atoms with Crippen LogP contribution in [-0.2, 0) is 34.0 Å². The Bertz CT molecular complexity index is 1430. The Morgan fingerprint density at radius 2 is 1.89 bits per heavy atom. The van der Waals surface area contributed by atoms with E-state index in [9.17, 15) is 26.4 Å².